The van der Waals surface area contributed by atoms with Gasteiger partial charge >= 0.3 is 92.9 Å². The predicted molar refractivity (Wildman–Crippen MR) is 202 cm³/mol. The van der Waals surface area contributed by atoms with Gasteiger partial charge in [0.05, 0.1) is 30.0 Å². The number of ether oxygens (including phenoxy) is 4. The minimum Gasteiger partial charge on any atom is -0.546 e. The number of carbonyl (C=O) groups is 4. The van der Waals surface area contributed by atoms with Crippen molar-refractivity contribution >= 4 is 30.0 Å². The molecule has 0 radical (unpaired) electrons. The van der Waals surface area contributed by atoms with Gasteiger partial charge in [0, 0.05) is 18.8 Å². The van der Waals surface area contributed by atoms with E-state index < -0.39 is 150 Å². The van der Waals surface area contributed by atoms with Crippen LogP contribution in [0.25, 0.3) is 6.08 Å². The van der Waals surface area contributed by atoms with Crippen molar-refractivity contribution in [3.05, 3.63) is 100 Å². The van der Waals surface area contributed by atoms with Crippen LogP contribution in [0.2, 0.25) is 0 Å². The molecule has 1 aliphatic heterocycles. The number of aliphatic carboxylic acids is 2. The number of aliphatic hydroxyl groups is 4. The van der Waals surface area contributed by atoms with Crippen molar-refractivity contribution in [3.8, 4) is 46.0 Å². The van der Waals surface area contributed by atoms with Crippen molar-refractivity contribution in [1.29, 1.82) is 0 Å². The average Bonchev–Trinajstić information content (AvgIpc) is 3.23. The first-order valence-electron chi connectivity index (χ1n) is 18.7. The molecule has 334 valence electrons. The standard InChI is InChI=1S/C42H40O21.K.Na/c43-15-32-35(51)36(52)37(53)42(63-32)62-29-14-20-19(13-28(29)50)11-21(40(58)60-30(38(54)55)9-16-1-4-22(44)25(47)7-16)34(33(20)18-3-6-24(46)27(49)12-18)41(59)61-31(39(56)57)10-17-2-5-23(45)26(48)8-17;;/h1-8,11-14,30-37,42-53H,9-10,15H2,(H,54,55)(H,56,57);;/q;2*+1/p-2/t30-,31-,32-,33-,34?,35-,36+,37-,42-;;/m1../s1. The largest absolute Gasteiger partial charge is 1.00 e. The van der Waals surface area contributed by atoms with Crippen molar-refractivity contribution in [2.24, 2.45) is 5.92 Å². The summed E-state index contributed by atoms with van der Waals surface area (Å²) in [6.45, 7) is -0.849. The number of aromatic hydroxyl groups is 7. The molecule has 4 aromatic carbocycles. The minimum atomic E-state index is -2.18. The van der Waals surface area contributed by atoms with Crippen LogP contribution in [0.5, 0.6) is 46.0 Å². The van der Waals surface area contributed by atoms with E-state index in [2.05, 4.69) is 0 Å². The van der Waals surface area contributed by atoms with Crippen LogP contribution in [0.4, 0.5) is 0 Å². The van der Waals surface area contributed by atoms with Crippen LogP contribution >= 0.6 is 0 Å². The minimum absolute atomic E-state index is 0. The zero-order valence-electron chi connectivity index (χ0n) is 34.2. The summed E-state index contributed by atoms with van der Waals surface area (Å²) in [6, 6.07) is 11.5. The maximum atomic E-state index is 14.6. The summed E-state index contributed by atoms with van der Waals surface area (Å²) < 4.78 is 21.9. The molecule has 9 atom stereocenters. The number of phenols is 7. The number of phenolic OH excluding ortho intramolecular Hbond substituents is 7. The van der Waals surface area contributed by atoms with Crippen LogP contribution in [-0.2, 0) is 46.2 Å². The summed E-state index contributed by atoms with van der Waals surface area (Å²) in [5.74, 6) is -15.9. The van der Waals surface area contributed by atoms with Gasteiger partial charge in [-0.05, 0) is 82.4 Å². The Labute approximate surface area is 431 Å². The van der Waals surface area contributed by atoms with Crippen LogP contribution in [-0.4, -0.2) is 130 Å². The fourth-order valence-electron chi connectivity index (χ4n) is 7.13. The predicted octanol–water partition coefficient (Wildman–Crippen LogP) is -8.23. The molecule has 1 aliphatic carbocycles. The molecule has 6 rings (SSSR count). The number of hydrogen-bond donors (Lipinski definition) is 11. The van der Waals surface area contributed by atoms with Gasteiger partial charge in [0.25, 0.3) is 0 Å². The molecule has 0 amide bonds. The van der Waals surface area contributed by atoms with Crippen LogP contribution in [0, 0.1) is 5.92 Å². The Morgan fingerprint density at radius 2 is 1.17 bits per heavy atom. The Morgan fingerprint density at radius 1 is 0.646 bits per heavy atom. The number of aliphatic hydroxyl groups excluding tert-OH is 4. The second-order valence-electron chi connectivity index (χ2n) is 14.6. The fourth-order valence-corrected chi connectivity index (χ4v) is 7.13. The Kier molecular flexibility index (Phi) is 18.1. The number of hydrogen-bond acceptors (Lipinski definition) is 21. The topological polar surface area (TPSA) is 374 Å². The Balaban J connectivity index is 0.00000462. The van der Waals surface area contributed by atoms with E-state index in [0.717, 1.165) is 54.6 Å². The normalized spacial score (nSPS) is 22.0. The van der Waals surface area contributed by atoms with Crippen molar-refractivity contribution in [2.45, 2.75) is 61.7 Å². The number of rotatable bonds is 14. The van der Waals surface area contributed by atoms with Crippen molar-refractivity contribution in [1.82, 2.24) is 0 Å². The number of benzene rings is 4. The van der Waals surface area contributed by atoms with E-state index in [1.54, 1.807) is 0 Å². The third-order valence-electron chi connectivity index (χ3n) is 10.4. The summed E-state index contributed by atoms with van der Waals surface area (Å²) in [5.41, 5.74) is -1.06. The average molecular weight is 941 g/mol. The summed E-state index contributed by atoms with van der Waals surface area (Å²) >= 11 is 0. The van der Waals surface area contributed by atoms with Gasteiger partial charge in [-0.1, -0.05) is 18.2 Å². The Morgan fingerprint density at radius 3 is 1.68 bits per heavy atom. The van der Waals surface area contributed by atoms with E-state index in [9.17, 15) is 85.6 Å². The Bertz CT molecular complexity index is 2460. The van der Waals surface area contributed by atoms with Crippen molar-refractivity contribution < 1.29 is 185 Å². The monoisotopic (exact) mass is 940 g/mol. The maximum absolute atomic E-state index is 14.6. The molecule has 21 nitrogen and oxygen atoms in total. The van der Waals surface area contributed by atoms with Crippen LogP contribution < -0.4 is 95.9 Å². The van der Waals surface area contributed by atoms with E-state index in [1.165, 1.54) is 18.2 Å². The maximum Gasteiger partial charge on any atom is 1.00 e. The van der Waals surface area contributed by atoms with Gasteiger partial charge in [0.2, 0.25) is 6.29 Å². The van der Waals surface area contributed by atoms with E-state index in [-0.39, 0.29) is 109 Å². The van der Waals surface area contributed by atoms with Crippen molar-refractivity contribution in [3.63, 3.8) is 0 Å². The summed E-state index contributed by atoms with van der Waals surface area (Å²) in [7, 11) is 0. The molecule has 4 aromatic rings. The van der Waals surface area contributed by atoms with Crippen molar-refractivity contribution in [2.75, 3.05) is 6.61 Å². The van der Waals surface area contributed by atoms with Gasteiger partial charge in [-0.3, -0.25) is 4.79 Å². The molecule has 1 fully saturated rings. The number of fused-ring (bicyclic) bond motifs is 1. The molecular formula is C42H38KNaO21. The zero-order valence-corrected chi connectivity index (χ0v) is 39.4. The molecule has 1 unspecified atom stereocenters. The second kappa shape index (κ2) is 22.2. The second-order valence-corrected chi connectivity index (χ2v) is 14.6. The van der Waals surface area contributed by atoms with E-state index in [1.807, 2.05) is 0 Å². The fraction of sp³-hybridized carbons (Fsp3) is 0.286. The molecular weight excluding hydrogens is 903 g/mol. The first kappa shape index (κ1) is 53.0. The Hall–Kier alpha value is -4.66. The first-order valence-corrected chi connectivity index (χ1v) is 18.7. The summed E-state index contributed by atoms with van der Waals surface area (Å²) in [4.78, 5) is 53.6. The molecule has 23 heteroatoms. The molecule has 2 aliphatic rings. The van der Waals surface area contributed by atoms with Crippen LogP contribution in [0.3, 0.4) is 0 Å². The quantitative estimate of drug-likeness (QED) is 0.0318. The number of esters is 2. The number of carboxylic acids is 2. The van der Waals surface area contributed by atoms with Gasteiger partial charge in [-0.25, -0.2) is 4.79 Å². The van der Waals surface area contributed by atoms with Gasteiger partial charge in [-0.15, -0.1) is 0 Å². The van der Waals surface area contributed by atoms with E-state index in [0.29, 0.717) is 0 Å². The molecule has 0 saturated carbocycles. The molecule has 0 aromatic heterocycles. The first-order chi connectivity index (χ1) is 29.8. The van der Waals surface area contributed by atoms with Crippen LogP contribution in [0.15, 0.2) is 72.3 Å². The molecule has 0 spiro atoms. The van der Waals surface area contributed by atoms with Crippen LogP contribution in [0.1, 0.15) is 33.7 Å². The molecule has 65 heavy (non-hydrogen) atoms. The third kappa shape index (κ3) is 11.8. The molecule has 0 bridgehead atoms. The van der Waals surface area contributed by atoms with Gasteiger partial charge in [-0.2, -0.15) is 0 Å². The smallest absolute Gasteiger partial charge is 0.546 e. The zero-order chi connectivity index (χ0) is 46.0. The van der Waals surface area contributed by atoms with E-state index >= 15 is 0 Å². The summed E-state index contributed by atoms with van der Waals surface area (Å²) in [6.07, 6.45) is -13.8. The van der Waals surface area contributed by atoms with Gasteiger partial charge in [0.1, 0.15) is 36.6 Å². The SMILES string of the molecule is O=C(O[C@H](Cc1ccc(O)c(O)c1)C(=O)[O-])C1=Cc2cc(O)c(O[C@@H]3O[C@H](CO)[C@@H](O)[C@H](O)[C@H]3O)cc2[C@@H](c2ccc(O)c(O)c2)C1C(=O)O[C@H](Cc1ccc(O)c(O)c1)C(=O)[O-].[K+].[Na+]. The molecule has 1 saturated heterocycles. The number of carbonyl (C=O) groups excluding carboxylic acids is 4. The van der Waals surface area contributed by atoms with E-state index in [4.69, 9.17) is 18.9 Å². The third-order valence-corrected chi connectivity index (χ3v) is 10.4. The van der Waals surface area contributed by atoms with Gasteiger partial charge < -0.3 is 94.9 Å². The summed E-state index contributed by atoms with van der Waals surface area (Å²) in [5, 5.41) is 137. The molecule has 11 N–H and O–H groups in total. The number of carboxylic acid groups (broad SMARTS) is 2. The molecule has 1 heterocycles. The van der Waals surface area contributed by atoms with Gasteiger partial charge in [0.15, 0.2) is 46.0 Å².